The number of piperidine rings is 1. The largest absolute Gasteiger partial charge is 0.466 e. The lowest BCUT2D eigenvalue weighted by molar-refractivity contribution is 0.0511. The summed E-state index contributed by atoms with van der Waals surface area (Å²) in [5, 5.41) is 6.67. The molecular formula is C26H32N6O2. The molecule has 0 saturated carbocycles. The van der Waals surface area contributed by atoms with Gasteiger partial charge in [-0.3, -0.25) is 4.68 Å². The summed E-state index contributed by atoms with van der Waals surface area (Å²) in [6, 6.07) is 9.08. The average Bonchev–Trinajstić information content (AvgIpc) is 3.23. The van der Waals surface area contributed by atoms with Crippen molar-refractivity contribution in [2.45, 2.75) is 25.8 Å². The standard InChI is InChI=1S/C26H32N6O2/c1-17-24-19(15-31(4)29-24)13-22(25(17)34-16-33-5)23-7-6-18-12-21(14-27-26(18)28-23)32-10-8-20(9-11-32)30(2)3/h6-7,12-15,20H,8-11,16H2,1-5H3. The van der Waals surface area contributed by atoms with E-state index in [2.05, 4.69) is 47.2 Å². The van der Waals surface area contributed by atoms with Gasteiger partial charge < -0.3 is 19.3 Å². The van der Waals surface area contributed by atoms with Gasteiger partial charge in [0, 0.05) is 61.4 Å². The molecule has 0 atom stereocenters. The second-order valence-corrected chi connectivity index (χ2v) is 9.29. The highest BCUT2D eigenvalue weighted by Crippen LogP contribution is 2.38. The third kappa shape index (κ3) is 4.19. The molecule has 3 aromatic heterocycles. The lowest BCUT2D eigenvalue weighted by atomic mass is 10.0. The predicted octanol–water partition coefficient (Wildman–Crippen LogP) is 4.01. The highest BCUT2D eigenvalue weighted by atomic mass is 16.7. The molecule has 0 bridgehead atoms. The van der Waals surface area contributed by atoms with Crippen LogP contribution < -0.4 is 9.64 Å². The lowest BCUT2D eigenvalue weighted by Gasteiger charge is -2.36. The summed E-state index contributed by atoms with van der Waals surface area (Å²) >= 11 is 0. The second kappa shape index (κ2) is 9.19. The van der Waals surface area contributed by atoms with Crippen molar-refractivity contribution in [2.24, 2.45) is 7.05 Å². The molecule has 1 aliphatic rings. The Kier molecular flexibility index (Phi) is 6.10. The maximum absolute atomic E-state index is 5.98. The Hall–Kier alpha value is -3.23. The number of aromatic nitrogens is 4. The first-order valence-corrected chi connectivity index (χ1v) is 11.7. The van der Waals surface area contributed by atoms with Gasteiger partial charge in [-0.05, 0) is 58.1 Å². The minimum Gasteiger partial charge on any atom is -0.466 e. The van der Waals surface area contributed by atoms with Crippen LogP contribution in [-0.2, 0) is 11.8 Å². The zero-order valence-corrected chi connectivity index (χ0v) is 20.6. The van der Waals surface area contributed by atoms with E-state index in [0.29, 0.717) is 6.04 Å². The summed E-state index contributed by atoms with van der Waals surface area (Å²) in [6.07, 6.45) is 6.30. The molecule has 178 valence electrons. The van der Waals surface area contributed by atoms with Crippen molar-refractivity contribution in [3.63, 3.8) is 0 Å². The van der Waals surface area contributed by atoms with Crippen LogP contribution in [-0.4, -0.2) is 71.8 Å². The number of nitrogens with zero attached hydrogens (tertiary/aromatic N) is 6. The number of benzene rings is 1. The molecule has 4 aromatic rings. The Balaban J connectivity index is 1.49. The fraction of sp³-hybridized carbons (Fsp3) is 0.423. The van der Waals surface area contributed by atoms with E-state index in [1.54, 1.807) is 7.11 Å². The monoisotopic (exact) mass is 460 g/mol. The van der Waals surface area contributed by atoms with Crippen LogP contribution in [0.25, 0.3) is 33.2 Å². The topological polar surface area (TPSA) is 68.5 Å². The quantitative estimate of drug-likeness (QED) is 0.403. The van der Waals surface area contributed by atoms with E-state index in [1.807, 2.05) is 37.1 Å². The lowest BCUT2D eigenvalue weighted by Crippen LogP contribution is -2.42. The van der Waals surface area contributed by atoms with Crippen molar-refractivity contribution in [1.29, 1.82) is 0 Å². The predicted molar refractivity (Wildman–Crippen MR) is 135 cm³/mol. The van der Waals surface area contributed by atoms with Gasteiger partial charge >= 0.3 is 0 Å². The average molecular weight is 461 g/mol. The molecule has 4 heterocycles. The van der Waals surface area contributed by atoms with Gasteiger partial charge in [-0.15, -0.1) is 0 Å². The molecule has 8 nitrogen and oxygen atoms in total. The van der Waals surface area contributed by atoms with Crippen molar-refractivity contribution in [3.05, 3.63) is 42.2 Å². The van der Waals surface area contributed by atoms with Crippen LogP contribution in [0.1, 0.15) is 18.4 Å². The molecule has 1 aliphatic heterocycles. The molecule has 0 radical (unpaired) electrons. The molecule has 8 heteroatoms. The van der Waals surface area contributed by atoms with Gasteiger partial charge in [0.05, 0.1) is 23.1 Å². The molecule has 0 spiro atoms. The molecule has 5 rings (SSSR count). The van der Waals surface area contributed by atoms with E-state index in [9.17, 15) is 0 Å². The first kappa shape index (κ1) is 22.6. The molecule has 0 amide bonds. The Morgan fingerprint density at radius 3 is 2.65 bits per heavy atom. The van der Waals surface area contributed by atoms with Crippen molar-refractivity contribution in [3.8, 4) is 17.0 Å². The van der Waals surface area contributed by atoms with Crippen LogP contribution >= 0.6 is 0 Å². The van der Waals surface area contributed by atoms with Gasteiger partial charge in [0.25, 0.3) is 0 Å². The van der Waals surface area contributed by atoms with Gasteiger partial charge in [0.2, 0.25) is 0 Å². The van der Waals surface area contributed by atoms with Crippen LogP contribution in [0.4, 0.5) is 5.69 Å². The first-order valence-electron chi connectivity index (χ1n) is 11.7. The third-order valence-electron chi connectivity index (χ3n) is 6.78. The fourth-order valence-corrected chi connectivity index (χ4v) is 4.89. The minimum atomic E-state index is 0.159. The van der Waals surface area contributed by atoms with Crippen LogP contribution in [0.15, 0.2) is 36.7 Å². The number of anilines is 1. The maximum Gasteiger partial charge on any atom is 0.188 e. The molecule has 0 unspecified atom stereocenters. The van der Waals surface area contributed by atoms with E-state index < -0.39 is 0 Å². The molecule has 0 aliphatic carbocycles. The third-order valence-corrected chi connectivity index (χ3v) is 6.78. The molecule has 1 fully saturated rings. The highest BCUT2D eigenvalue weighted by Gasteiger charge is 2.22. The van der Waals surface area contributed by atoms with Crippen molar-refractivity contribution in [2.75, 3.05) is 46.0 Å². The van der Waals surface area contributed by atoms with Gasteiger partial charge in [-0.1, -0.05) is 0 Å². The van der Waals surface area contributed by atoms with E-state index in [-0.39, 0.29) is 6.79 Å². The SMILES string of the molecule is COCOc1c(-c2ccc3cc(N4CCC(N(C)C)CC4)cnc3n2)cc2cn(C)nc2c1C. The number of ether oxygens (including phenoxy) is 2. The minimum absolute atomic E-state index is 0.159. The Bertz CT molecular complexity index is 1320. The van der Waals surface area contributed by atoms with Gasteiger partial charge in [0.15, 0.2) is 12.4 Å². The van der Waals surface area contributed by atoms with Crippen molar-refractivity contribution >= 4 is 27.6 Å². The van der Waals surface area contributed by atoms with E-state index >= 15 is 0 Å². The van der Waals surface area contributed by atoms with E-state index in [4.69, 9.17) is 19.4 Å². The smallest absolute Gasteiger partial charge is 0.188 e. The first-order chi connectivity index (χ1) is 16.4. The molecule has 1 aromatic carbocycles. The second-order valence-electron chi connectivity index (χ2n) is 9.29. The molecular weight excluding hydrogens is 428 g/mol. The summed E-state index contributed by atoms with van der Waals surface area (Å²) in [7, 11) is 7.88. The van der Waals surface area contributed by atoms with E-state index in [0.717, 1.165) is 63.3 Å². The Morgan fingerprint density at radius 2 is 1.91 bits per heavy atom. The van der Waals surface area contributed by atoms with Crippen molar-refractivity contribution in [1.82, 2.24) is 24.6 Å². The van der Waals surface area contributed by atoms with Gasteiger partial charge in [-0.25, -0.2) is 9.97 Å². The molecule has 0 N–H and O–H groups in total. The number of pyridine rings is 2. The summed E-state index contributed by atoms with van der Waals surface area (Å²) in [5.41, 5.74) is 5.51. The normalized spacial score (nSPS) is 15.1. The number of fused-ring (bicyclic) bond motifs is 2. The summed E-state index contributed by atoms with van der Waals surface area (Å²) in [6.45, 7) is 4.28. The number of methoxy groups -OCH3 is 1. The van der Waals surface area contributed by atoms with Crippen molar-refractivity contribution < 1.29 is 9.47 Å². The van der Waals surface area contributed by atoms with Crippen LogP contribution in [0.5, 0.6) is 5.75 Å². The summed E-state index contributed by atoms with van der Waals surface area (Å²) < 4.78 is 13.0. The molecule has 34 heavy (non-hydrogen) atoms. The van der Waals surface area contributed by atoms with Crippen LogP contribution in [0, 0.1) is 6.92 Å². The van der Waals surface area contributed by atoms with Crippen LogP contribution in [0.2, 0.25) is 0 Å². The Labute approximate surface area is 200 Å². The fourth-order valence-electron chi connectivity index (χ4n) is 4.89. The zero-order chi connectivity index (χ0) is 23.8. The van der Waals surface area contributed by atoms with Crippen LogP contribution in [0.3, 0.4) is 0 Å². The zero-order valence-electron chi connectivity index (χ0n) is 20.6. The van der Waals surface area contributed by atoms with Gasteiger partial charge in [0.1, 0.15) is 5.75 Å². The molecule has 1 saturated heterocycles. The Morgan fingerprint density at radius 1 is 1.12 bits per heavy atom. The summed E-state index contributed by atoms with van der Waals surface area (Å²) in [5.74, 6) is 0.736. The van der Waals surface area contributed by atoms with E-state index in [1.165, 1.54) is 12.8 Å². The summed E-state index contributed by atoms with van der Waals surface area (Å²) in [4.78, 5) is 14.4. The van der Waals surface area contributed by atoms with Gasteiger partial charge in [-0.2, -0.15) is 5.10 Å². The maximum atomic E-state index is 5.98. The number of rotatable bonds is 6. The number of hydrogen-bond donors (Lipinski definition) is 0. The highest BCUT2D eigenvalue weighted by molar-refractivity contribution is 5.92. The number of aryl methyl sites for hydroxylation is 2. The number of hydrogen-bond acceptors (Lipinski definition) is 7.